The summed E-state index contributed by atoms with van der Waals surface area (Å²) in [6.45, 7) is 2.09. The summed E-state index contributed by atoms with van der Waals surface area (Å²) >= 11 is 1.58. The van der Waals surface area contributed by atoms with Gasteiger partial charge in [-0.25, -0.2) is 4.98 Å². The maximum Gasteiger partial charge on any atom is 0.0772 e. The van der Waals surface area contributed by atoms with Gasteiger partial charge in [-0.05, 0) is 31.2 Å². The van der Waals surface area contributed by atoms with Crippen LogP contribution in [0.15, 0.2) is 41.8 Å². The van der Waals surface area contributed by atoms with Crippen molar-refractivity contribution >= 4 is 22.2 Å². The predicted octanol–water partition coefficient (Wildman–Crippen LogP) is 4.25. The number of aromatic nitrogens is 1. The summed E-state index contributed by atoms with van der Waals surface area (Å²) in [5.41, 5.74) is 4.34. The topological polar surface area (TPSA) is 12.9 Å². The van der Waals surface area contributed by atoms with Gasteiger partial charge in [0.25, 0.3) is 0 Å². The molecule has 0 aliphatic rings. The van der Waals surface area contributed by atoms with Crippen molar-refractivity contribution < 1.29 is 0 Å². The van der Waals surface area contributed by atoms with Crippen molar-refractivity contribution in [2.24, 2.45) is 0 Å². The van der Waals surface area contributed by atoms with Crippen molar-refractivity contribution in [2.45, 2.75) is 6.92 Å². The lowest BCUT2D eigenvalue weighted by Crippen LogP contribution is -1.84. The number of thiophene rings is 1. The Morgan fingerprint density at radius 1 is 1.17 bits per heavy atom. The minimum Gasteiger partial charge on any atom is -0.248 e. The number of aryl methyl sites for hydroxylation is 1. The Hall–Kier alpha value is -2.11. The Bertz CT molecular complexity index is 762. The highest BCUT2D eigenvalue weighted by Gasteiger charge is 2.04. The van der Waals surface area contributed by atoms with Gasteiger partial charge in [-0.2, -0.15) is 0 Å². The zero-order chi connectivity index (χ0) is 12.5. The van der Waals surface area contributed by atoms with E-state index in [4.69, 9.17) is 6.42 Å². The number of hydrogen-bond donors (Lipinski definition) is 0. The SMILES string of the molecule is C#Cc1cc(-c2ccc3cc(C)ccc3n2)cs1. The minimum atomic E-state index is 0.941. The average molecular weight is 249 g/mol. The molecule has 0 aliphatic carbocycles. The first-order valence-electron chi connectivity index (χ1n) is 5.69. The molecule has 3 aromatic rings. The number of nitrogens with zero attached hydrogens (tertiary/aromatic N) is 1. The van der Waals surface area contributed by atoms with Gasteiger partial charge in [-0.15, -0.1) is 17.8 Å². The van der Waals surface area contributed by atoms with Crippen LogP contribution in [0.2, 0.25) is 0 Å². The van der Waals surface area contributed by atoms with E-state index < -0.39 is 0 Å². The van der Waals surface area contributed by atoms with E-state index in [1.165, 1.54) is 10.9 Å². The number of terminal acetylenes is 1. The normalized spacial score (nSPS) is 10.4. The summed E-state index contributed by atoms with van der Waals surface area (Å²) in [7, 11) is 0. The van der Waals surface area contributed by atoms with Gasteiger partial charge in [-0.1, -0.05) is 23.6 Å². The Kier molecular flexibility index (Phi) is 2.62. The van der Waals surface area contributed by atoms with Gasteiger partial charge in [0.15, 0.2) is 0 Å². The molecule has 2 heterocycles. The molecule has 0 unspecified atom stereocenters. The molecule has 0 radical (unpaired) electrons. The highest BCUT2D eigenvalue weighted by molar-refractivity contribution is 7.11. The zero-order valence-electron chi connectivity index (χ0n) is 9.97. The maximum absolute atomic E-state index is 5.39. The van der Waals surface area contributed by atoms with Crippen molar-refractivity contribution in [3.8, 4) is 23.6 Å². The van der Waals surface area contributed by atoms with E-state index in [2.05, 4.69) is 47.5 Å². The minimum absolute atomic E-state index is 0.941. The third-order valence-corrected chi connectivity index (χ3v) is 3.74. The molecule has 18 heavy (non-hydrogen) atoms. The fourth-order valence-electron chi connectivity index (χ4n) is 1.95. The molecule has 0 aliphatic heterocycles. The molecule has 0 spiro atoms. The summed E-state index contributed by atoms with van der Waals surface area (Å²) in [6.07, 6.45) is 5.39. The Morgan fingerprint density at radius 3 is 2.83 bits per heavy atom. The van der Waals surface area contributed by atoms with Crippen LogP contribution in [0.1, 0.15) is 10.4 Å². The van der Waals surface area contributed by atoms with Crippen LogP contribution in [-0.4, -0.2) is 4.98 Å². The van der Waals surface area contributed by atoms with E-state index >= 15 is 0 Å². The van der Waals surface area contributed by atoms with Crippen molar-refractivity contribution in [2.75, 3.05) is 0 Å². The molecule has 1 nitrogen and oxygen atoms in total. The lowest BCUT2D eigenvalue weighted by molar-refractivity contribution is 1.39. The summed E-state index contributed by atoms with van der Waals surface area (Å²) in [5, 5.41) is 3.23. The number of benzene rings is 1. The average Bonchev–Trinajstić information content (AvgIpc) is 2.87. The summed E-state index contributed by atoms with van der Waals surface area (Å²) in [5.74, 6) is 2.65. The van der Waals surface area contributed by atoms with Gasteiger partial charge in [0.1, 0.15) is 0 Å². The molecular weight excluding hydrogens is 238 g/mol. The van der Waals surface area contributed by atoms with Crippen LogP contribution in [0.5, 0.6) is 0 Å². The van der Waals surface area contributed by atoms with Crippen LogP contribution in [0, 0.1) is 19.3 Å². The Morgan fingerprint density at radius 2 is 2.06 bits per heavy atom. The smallest absolute Gasteiger partial charge is 0.0772 e. The van der Waals surface area contributed by atoms with Crippen molar-refractivity contribution in [3.05, 3.63) is 52.2 Å². The molecule has 0 N–H and O–H groups in total. The first-order valence-corrected chi connectivity index (χ1v) is 6.57. The van der Waals surface area contributed by atoms with Gasteiger partial charge in [0, 0.05) is 16.3 Å². The number of hydrogen-bond acceptors (Lipinski definition) is 2. The molecule has 86 valence electrons. The maximum atomic E-state index is 5.39. The first kappa shape index (κ1) is 11.0. The van der Waals surface area contributed by atoms with Crippen molar-refractivity contribution in [3.63, 3.8) is 0 Å². The molecule has 0 saturated heterocycles. The Labute approximate surface area is 110 Å². The summed E-state index contributed by atoms with van der Waals surface area (Å²) in [6, 6.07) is 12.4. The van der Waals surface area contributed by atoms with Crippen LogP contribution in [0.25, 0.3) is 22.2 Å². The van der Waals surface area contributed by atoms with Crippen LogP contribution in [0.4, 0.5) is 0 Å². The third-order valence-electron chi connectivity index (χ3n) is 2.88. The van der Waals surface area contributed by atoms with Gasteiger partial charge < -0.3 is 0 Å². The van der Waals surface area contributed by atoms with Crippen molar-refractivity contribution in [1.82, 2.24) is 4.98 Å². The van der Waals surface area contributed by atoms with Gasteiger partial charge >= 0.3 is 0 Å². The molecule has 0 bridgehead atoms. The lowest BCUT2D eigenvalue weighted by Gasteiger charge is -2.02. The van der Waals surface area contributed by atoms with E-state index in [0.717, 1.165) is 21.7 Å². The summed E-state index contributed by atoms with van der Waals surface area (Å²) < 4.78 is 0. The summed E-state index contributed by atoms with van der Waals surface area (Å²) in [4.78, 5) is 5.61. The van der Waals surface area contributed by atoms with Crippen LogP contribution in [0.3, 0.4) is 0 Å². The van der Waals surface area contributed by atoms with E-state index in [9.17, 15) is 0 Å². The Balaban J connectivity index is 2.13. The number of rotatable bonds is 1. The second-order valence-corrected chi connectivity index (χ2v) is 5.15. The molecule has 1 aromatic carbocycles. The monoisotopic (exact) mass is 249 g/mol. The fraction of sp³-hybridized carbons (Fsp3) is 0.0625. The predicted molar refractivity (Wildman–Crippen MR) is 77.7 cm³/mol. The van der Waals surface area contributed by atoms with E-state index in [1.807, 2.05) is 12.1 Å². The highest BCUT2D eigenvalue weighted by atomic mass is 32.1. The first-order chi connectivity index (χ1) is 8.76. The quantitative estimate of drug-likeness (QED) is 0.587. The zero-order valence-corrected chi connectivity index (χ0v) is 10.8. The molecule has 0 fully saturated rings. The number of fused-ring (bicyclic) bond motifs is 1. The lowest BCUT2D eigenvalue weighted by atomic mass is 10.1. The second kappa shape index (κ2) is 4.29. The second-order valence-electron chi connectivity index (χ2n) is 4.24. The molecule has 0 atom stereocenters. The van der Waals surface area contributed by atoms with Gasteiger partial charge in [0.05, 0.1) is 16.1 Å². The van der Waals surface area contributed by atoms with Crippen molar-refractivity contribution in [1.29, 1.82) is 0 Å². The molecule has 3 rings (SSSR count). The van der Waals surface area contributed by atoms with Gasteiger partial charge in [-0.3, -0.25) is 0 Å². The molecular formula is C16H11NS. The molecule has 2 heteroatoms. The fourth-order valence-corrected chi connectivity index (χ4v) is 2.66. The van der Waals surface area contributed by atoms with Gasteiger partial charge in [0.2, 0.25) is 0 Å². The van der Waals surface area contributed by atoms with E-state index in [-0.39, 0.29) is 0 Å². The van der Waals surface area contributed by atoms with Crippen LogP contribution in [-0.2, 0) is 0 Å². The molecule has 0 amide bonds. The van der Waals surface area contributed by atoms with Crippen LogP contribution < -0.4 is 0 Å². The molecule has 0 saturated carbocycles. The van der Waals surface area contributed by atoms with E-state index in [0.29, 0.717) is 0 Å². The largest absolute Gasteiger partial charge is 0.248 e. The third kappa shape index (κ3) is 1.90. The molecule has 2 aromatic heterocycles. The van der Waals surface area contributed by atoms with Crippen LogP contribution >= 0.6 is 11.3 Å². The standard InChI is InChI=1S/C16H11NS/c1-3-14-9-13(10-18-14)16-7-5-12-8-11(2)4-6-15(12)17-16/h1,4-10H,2H3. The number of pyridine rings is 1. The van der Waals surface area contributed by atoms with E-state index in [1.54, 1.807) is 11.3 Å². The highest BCUT2D eigenvalue weighted by Crippen LogP contribution is 2.25.